The van der Waals surface area contributed by atoms with Gasteiger partial charge in [0.2, 0.25) is 0 Å². The van der Waals surface area contributed by atoms with Crippen LogP contribution in [0.2, 0.25) is 5.02 Å². The Labute approximate surface area is 137 Å². The van der Waals surface area contributed by atoms with Crippen molar-refractivity contribution in [1.29, 1.82) is 0 Å². The Balaban J connectivity index is 2.30. The van der Waals surface area contributed by atoms with Gasteiger partial charge < -0.3 is 19.9 Å². The molecule has 7 heteroatoms. The number of hydrogen-bond donors (Lipinski definition) is 2. The summed E-state index contributed by atoms with van der Waals surface area (Å²) in [6.07, 6.45) is 0.0733. The minimum absolute atomic E-state index is 0.00715. The molecule has 0 aliphatic carbocycles. The van der Waals surface area contributed by atoms with E-state index in [1.807, 2.05) is 0 Å². The molecule has 118 valence electrons. The Bertz CT molecular complexity index is 459. The summed E-state index contributed by atoms with van der Waals surface area (Å²) in [5.41, 5.74) is 0. The molecule has 1 atom stereocenters. The van der Waals surface area contributed by atoms with Crippen molar-refractivity contribution in [3.8, 4) is 5.75 Å². The largest absolute Gasteiger partial charge is 0.480 e. The molecule has 1 amide bonds. The summed E-state index contributed by atoms with van der Waals surface area (Å²) in [5.74, 6) is 0.368. The van der Waals surface area contributed by atoms with Crippen molar-refractivity contribution in [3.05, 3.63) is 27.7 Å². The molecule has 0 heterocycles. The van der Waals surface area contributed by atoms with E-state index in [2.05, 4.69) is 21.2 Å². The smallest absolute Gasteiger partial charge is 0.260 e. The van der Waals surface area contributed by atoms with Crippen LogP contribution in [0.4, 0.5) is 0 Å². The van der Waals surface area contributed by atoms with Crippen LogP contribution in [0.5, 0.6) is 5.75 Å². The molecule has 0 aliphatic heterocycles. The molecule has 0 saturated carbocycles. The van der Waals surface area contributed by atoms with E-state index in [9.17, 15) is 4.79 Å². The highest BCUT2D eigenvalue weighted by atomic mass is 79.9. The highest BCUT2D eigenvalue weighted by molar-refractivity contribution is 9.10. The molecule has 0 spiro atoms. The molecule has 1 aromatic carbocycles. The number of aliphatic hydroxyl groups excluding tert-OH is 1. The van der Waals surface area contributed by atoms with Crippen LogP contribution >= 0.6 is 27.5 Å². The van der Waals surface area contributed by atoms with Gasteiger partial charge in [0, 0.05) is 18.2 Å². The number of carbonyl (C=O) groups excluding carboxylic acids is 1. The molecule has 1 rings (SSSR count). The lowest BCUT2D eigenvalue weighted by Gasteiger charge is -2.15. The Kier molecular flexibility index (Phi) is 8.68. The normalized spacial score (nSPS) is 12.0. The van der Waals surface area contributed by atoms with E-state index in [-0.39, 0.29) is 12.5 Å². The maximum Gasteiger partial charge on any atom is 0.260 e. The summed E-state index contributed by atoms with van der Waals surface area (Å²) >= 11 is 9.18. The van der Waals surface area contributed by atoms with E-state index >= 15 is 0 Å². The van der Waals surface area contributed by atoms with Crippen molar-refractivity contribution in [3.63, 3.8) is 0 Å². The summed E-state index contributed by atoms with van der Waals surface area (Å²) in [7, 11) is 0. The standard InChI is InChI=1S/C14H19BrClNO4/c1-10(14(19)17-5-2-7-20-8-6-18)21-13-4-3-11(16)9-12(13)15/h3-4,9-10,18H,2,5-8H2,1H3,(H,17,19). The Morgan fingerprint density at radius 2 is 2.24 bits per heavy atom. The van der Waals surface area contributed by atoms with Gasteiger partial charge in [-0.1, -0.05) is 11.6 Å². The van der Waals surface area contributed by atoms with Crippen molar-refractivity contribution < 1.29 is 19.4 Å². The zero-order valence-electron chi connectivity index (χ0n) is 11.8. The van der Waals surface area contributed by atoms with Gasteiger partial charge in [-0.3, -0.25) is 4.79 Å². The van der Waals surface area contributed by atoms with Crippen molar-refractivity contribution in [1.82, 2.24) is 5.32 Å². The van der Waals surface area contributed by atoms with Crippen molar-refractivity contribution in [2.75, 3.05) is 26.4 Å². The van der Waals surface area contributed by atoms with Gasteiger partial charge in [-0.15, -0.1) is 0 Å². The summed E-state index contributed by atoms with van der Waals surface area (Å²) in [6, 6.07) is 5.11. The van der Waals surface area contributed by atoms with Crippen LogP contribution in [0, 0.1) is 0 Å². The number of nitrogens with one attached hydrogen (secondary N) is 1. The molecule has 0 saturated heterocycles. The van der Waals surface area contributed by atoms with Crippen molar-refractivity contribution in [2.24, 2.45) is 0 Å². The Hall–Kier alpha value is -0.820. The predicted octanol–water partition coefficient (Wildman–Crippen LogP) is 2.39. The number of halogens is 2. The van der Waals surface area contributed by atoms with Gasteiger partial charge in [-0.25, -0.2) is 0 Å². The molecule has 2 N–H and O–H groups in total. The fraction of sp³-hybridized carbons (Fsp3) is 0.500. The summed E-state index contributed by atoms with van der Waals surface area (Å²) < 4.78 is 11.4. The van der Waals surface area contributed by atoms with Crippen LogP contribution in [0.1, 0.15) is 13.3 Å². The van der Waals surface area contributed by atoms with Crippen molar-refractivity contribution >= 4 is 33.4 Å². The number of rotatable bonds is 9. The third-order valence-corrected chi connectivity index (χ3v) is 3.42. The van der Waals surface area contributed by atoms with E-state index in [1.165, 1.54) is 0 Å². The van der Waals surface area contributed by atoms with Crippen LogP contribution in [0.25, 0.3) is 0 Å². The number of aliphatic hydroxyl groups is 1. The van der Waals surface area contributed by atoms with Crippen LogP contribution in [-0.4, -0.2) is 43.5 Å². The lowest BCUT2D eigenvalue weighted by atomic mass is 10.3. The maximum absolute atomic E-state index is 11.9. The predicted molar refractivity (Wildman–Crippen MR) is 84.8 cm³/mol. The minimum Gasteiger partial charge on any atom is -0.480 e. The van der Waals surface area contributed by atoms with Crippen LogP contribution in [0.15, 0.2) is 22.7 Å². The Morgan fingerprint density at radius 3 is 2.90 bits per heavy atom. The minimum atomic E-state index is -0.610. The third-order valence-electron chi connectivity index (χ3n) is 2.57. The van der Waals surface area contributed by atoms with Crippen molar-refractivity contribution in [2.45, 2.75) is 19.4 Å². The van der Waals surface area contributed by atoms with Crippen LogP contribution < -0.4 is 10.1 Å². The number of benzene rings is 1. The van der Waals surface area contributed by atoms with E-state index in [4.69, 9.17) is 26.2 Å². The second-order valence-electron chi connectivity index (χ2n) is 4.32. The molecule has 0 fully saturated rings. The van der Waals surface area contributed by atoms with Gasteiger partial charge in [0.05, 0.1) is 17.7 Å². The average Bonchev–Trinajstić information content (AvgIpc) is 2.45. The molecule has 1 aromatic rings. The first kappa shape index (κ1) is 18.2. The molecule has 0 radical (unpaired) electrons. The molecule has 0 aliphatic rings. The fourth-order valence-electron chi connectivity index (χ4n) is 1.51. The van der Waals surface area contributed by atoms with E-state index in [0.717, 1.165) is 0 Å². The molecule has 21 heavy (non-hydrogen) atoms. The van der Waals surface area contributed by atoms with E-state index < -0.39 is 6.10 Å². The third kappa shape index (κ3) is 7.13. The SMILES string of the molecule is CC(Oc1ccc(Cl)cc1Br)C(=O)NCCCOCCO. The molecular weight excluding hydrogens is 362 g/mol. The van der Waals surface area contributed by atoms with Gasteiger partial charge in [-0.2, -0.15) is 0 Å². The van der Waals surface area contributed by atoms with Crippen LogP contribution in [0.3, 0.4) is 0 Å². The van der Waals surface area contributed by atoms with E-state index in [1.54, 1.807) is 25.1 Å². The molecule has 0 aromatic heterocycles. The van der Waals surface area contributed by atoms with Crippen LogP contribution in [-0.2, 0) is 9.53 Å². The molecule has 0 bridgehead atoms. The maximum atomic E-state index is 11.9. The fourth-order valence-corrected chi connectivity index (χ4v) is 2.29. The second kappa shape index (κ2) is 10.00. The van der Waals surface area contributed by atoms with Gasteiger partial charge in [-0.05, 0) is 47.5 Å². The highest BCUT2D eigenvalue weighted by Crippen LogP contribution is 2.28. The zero-order chi connectivity index (χ0) is 15.7. The number of amides is 1. The monoisotopic (exact) mass is 379 g/mol. The number of carbonyl (C=O) groups is 1. The molecular formula is C14H19BrClNO4. The average molecular weight is 381 g/mol. The van der Waals surface area contributed by atoms with Gasteiger partial charge >= 0.3 is 0 Å². The van der Waals surface area contributed by atoms with Gasteiger partial charge in [0.15, 0.2) is 6.10 Å². The summed E-state index contributed by atoms with van der Waals surface area (Å²) in [4.78, 5) is 11.9. The highest BCUT2D eigenvalue weighted by Gasteiger charge is 2.15. The molecule has 1 unspecified atom stereocenters. The van der Waals surface area contributed by atoms with Gasteiger partial charge in [0.1, 0.15) is 5.75 Å². The number of hydrogen-bond acceptors (Lipinski definition) is 4. The van der Waals surface area contributed by atoms with E-state index in [0.29, 0.717) is 41.4 Å². The second-order valence-corrected chi connectivity index (χ2v) is 5.61. The quantitative estimate of drug-likeness (QED) is 0.646. The van der Waals surface area contributed by atoms with Gasteiger partial charge in [0.25, 0.3) is 5.91 Å². The first-order chi connectivity index (χ1) is 10.0. The Morgan fingerprint density at radius 1 is 1.48 bits per heavy atom. The topological polar surface area (TPSA) is 67.8 Å². The number of ether oxygens (including phenoxy) is 2. The lowest BCUT2D eigenvalue weighted by molar-refractivity contribution is -0.127. The lowest BCUT2D eigenvalue weighted by Crippen LogP contribution is -2.37. The first-order valence-electron chi connectivity index (χ1n) is 6.62. The summed E-state index contributed by atoms with van der Waals surface area (Å²) in [5, 5.41) is 11.9. The summed E-state index contributed by atoms with van der Waals surface area (Å²) in [6.45, 7) is 3.00. The zero-order valence-corrected chi connectivity index (χ0v) is 14.1. The first-order valence-corrected chi connectivity index (χ1v) is 7.79. The molecule has 5 nitrogen and oxygen atoms in total.